The van der Waals surface area contributed by atoms with Gasteiger partial charge in [-0.2, -0.15) is 0 Å². The van der Waals surface area contributed by atoms with Gasteiger partial charge in [-0.25, -0.2) is 4.79 Å². The van der Waals surface area contributed by atoms with Gasteiger partial charge in [0, 0.05) is 26.1 Å². The summed E-state index contributed by atoms with van der Waals surface area (Å²) in [6, 6.07) is -0.365. The molecule has 3 amide bonds. The Kier molecular flexibility index (Phi) is 3.33. The number of primary amides is 1. The highest BCUT2D eigenvalue weighted by molar-refractivity contribution is 5.74. The highest BCUT2D eigenvalue weighted by Gasteiger charge is 2.26. The average molecular weight is 199 g/mol. The first-order valence-electron chi connectivity index (χ1n) is 4.80. The van der Waals surface area contributed by atoms with E-state index in [0.29, 0.717) is 19.0 Å². The fourth-order valence-electron chi connectivity index (χ4n) is 1.92. The summed E-state index contributed by atoms with van der Waals surface area (Å²) in [6.07, 6.45) is 0.906. The summed E-state index contributed by atoms with van der Waals surface area (Å²) in [5.41, 5.74) is 5.20. The van der Waals surface area contributed by atoms with Gasteiger partial charge < -0.3 is 16.0 Å². The number of nitrogens with two attached hydrogens (primary N) is 1. The molecular formula is C9H17N3O2. The zero-order chi connectivity index (χ0) is 10.7. The van der Waals surface area contributed by atoms with E-state index in [-0.39, 0.29) is 11.9 Å². The standard InChI is InChI=1S/C9H17N3O2/c1-6-3-8(11-7(2)13)5-12(4-6)9(10)14/h6,8H,3-5H2,1-2H3,(H2,10,14)(H,11,13). The maximum absolute atomic E-state index is 11.0. The van der Waals surface area contributed by atoms with Gasteiger partial charge in [0.2, 0.25) is 5.91 Å². The molecule has 0 radical (unpaired) electrons. The lowest BCUT2D eigenvalue weighted by molar-refractivity contribution is -0.120. The van der Waals surface area contributed by atoms with Crippen molar-refractivity contribution in [2.45, 2.75) is 26.3 Å². The largest absolute Gasteiger partial charge is 0.352 e. The van der Waals surface area contributed by atoms with Crippen molar-refractivity contribution < 1.29 is 9.59 Å². The van der Waals surface area contributed by atoms with Crippen LogP contribution in [0.3, 0.4) is 0 Å². The average Bonchev–Trinajstić information content (AvgIpc) is 2.01. The Morgan fingerprint density at radius 2 is 2.07 bits per heavy atom. The van der Waals surface area contributed by atoms with Crippen LogP contribution >= 0.6 is 0 Å². The number of nitrogens with one attached hydrogen (secondary N) is 1. The summed E-state index contributed by atoms with van der Waals surface area (Å²) in [7, 11) is 0. The molecule has 0 aromatic rings. The minimum Gasteiger partial charge on any atom is -0.352 e. The molecule has 80 valence electrons. The summed E-state index contributed by atoms with van der Waals surface area (Å²) in [6.45, 7) is 4.74. The molecule has 1 aliphatic heterocycles. The monoisotopic (exact) mass is 199 g/mol. The van der Waals surface area contributed by atoms with Gasteiger partial charge >= 0.3 is 6.03 Å². The van der Waals surface area contributed by atoms with E-state index in [1.54, 1.807) is 4.90 Å². The van der Waals surface area contributed by atoms with Gasteiger partial charge in [0.25, 0.3) is 0 Å². The summed E-state index contributed by atoms with van der Waals surface area (Å²) < 4.78 is 0. The third-order valence-electron chi connectivity index (χ3n) is 2.38. The van der Waals surface area contributed by atoms with Crippen LogP contribution in [0, 0.1) is 5.92 Å². The van der Waals surface area contributed by atoms with Crippen molar-refractivity contribution in [3.63, 3.8) is 0 Å². The van der Waals surface area contributed by atoms with Crippen molar-refractivity contribution in [2.75, 3.05) is 13.1 Å². The number of hydrogen-bond donors (Lipinski definition) is 2. The predicted octanol–water partition coefficient (Wildman–Crippen LogP) is -0.0884. The number of hydrogen-bond acceptors (Lipinski definition) is 2. The molecule has 1 fully saturated rings. The molecular weight excluding hydrogens is 182 g/mol. The van der Waals surface area contributed by atoms with Crippen LogP contribution in [0.5, 0.6) is 0 Å². The maximum Gasteiger partial charge on any atom is 0.314 e. The van der Waals surface area contributed by atoms with Crippen LogP contribution in [-0.2, 0) is 4.79 Å². The molecule has 1 rings (SSSR count). The molecule has 0 aromatic carbocycles. The molecule has 1 aliphatic rings. The Morgan fingerprint density at radius 1 is 1.43 bits per heavy atom. The smallest absolute Gasteiger partial charge is 0.314 e. The normalized spacial score (nSPS) is 27.1. The quantitative estimate of drug-likeness (QED) is 0.619. The first-order valence-corrected chi connectivity index (χ1v) is 4.80. The van der Waals surface area contributed by atoms with Crippen LogP contribution in [0.1, 0.15) is 20.3 Å². The molecule has 1 saturated heterocycles. The van der Waals surface area contributed by atoms with Crippen LogP contribution in [0.4, 0.5) is 4.79 Å². The van der Waals surface area contributed by atoms with E-state index in [2.05, 4.69) is 5.32 Å². The summed E-state index contributed by atoms with van der Waals surface area (Å²) >= 11 is 0. The minimum atomic E-state index is -0.410. The van der Waals surface area contributed by atoms with Gasteiger partial charge in [-0.3, -0.25) is 4.79 Å². The zero-order valence-electron chi connectivity index (χ0n) is 8.62. The van der Waals surface area contributed by atoms with Gasteiger partial charge in [-0.1, -0.05) is 6.92 Å². The Labute approximate surface area is 83.6 Å². The highest BCUT2D eigenvalue weighted by atomic mass is 16.2. The molecule has 14 heavy (non-hydrogen) atoms. The summed E-state index contributed by atoms with van der Waals surface area (Å²) in [5.74, 6) is 0.321. The number of rotatable bonds is 1. The second-order valence-corrected chi connectivity index (χ2v) is 3.98. The Morgan fingerprint density at radius 3 is 2.57 bits per heavy atom. The molecule has 0 saturated carbocycles. The van der Waals surface area contributed by atoms with Crippen molar-refractivity contribution >= 4 is 11.9 Å². The Balaban J connectivity index is 2.53. The van der Waals surface area contributed by atoms with Crippen LogP contribution in [0.25, 0.3) is 0 Å². The topological polar surface area (TPSA) is 75.4 Å². The van der Waals surface area contributed by atoms with Gasteiger partial charge in [0.05, 0.1) is 0 Å². The van der Waals surface area contributed by atoms with Crippen molar-refractivity contribution in [2.24, 2.45) is 11.7 Å². The minimum absolute atomic E-state index is 0.0451. The van der Waals surface area contributed by atoms with Crippen molar-refractivity contribution in [1.82, 2.24) is 10.2 Å². The number of carbonyl (C=O) groups is 2. The highest BCUT2D eigenvalue weighted by Crippen LogP contribution is 2.15. The maximum atomic E-state index is 11.0. The number of amides is 3. The fraction of sp³-hybridized carbons (Fsp3) is 0.778. The molecule has 1 heterocycles. The molecule has 0 spiro atoms. The van der Waals surface area contributed by atoms with Gasteiger partial charge in [-0.05, 0) is 12.3 Å². The van der Waals surface area contributed by atoms with E-state index in [0.717, 1.165) is 6.42 Å². The van der Waals surface area contributed by atoms with Crippen LogP contribution in [0.15, 0.2) is 0 Å². The SMILES string of the molecule is CC(=O)NC1CC(C)CN(C(N)=O)C1. The van der Waals surface area contributed by atoms with Crippen LogP contribution < -0.4 is 11.1 Å². The van der Waals surface area contributed by atoms with E-state index in [9.17, 15) is 9.59 Å². The number of nitrogens with zero attached hydrogens (tertiary/aromatic N) is 1. The zero-order valence-corrected chi connectivity index (χ0v) is 8.62. The molecule has 0 aromatic heterocycles. The van der Waals surface area contributed by atoms with E-state index in [1.165, 1.54) is 6.92 Å². The first-order chi connectivity index (χ1) is 6.49. The summed E-state index contributed by atoms with van der Waals surface area (Å²) in [4.78, 5) is 23.4. The van der Waals surface area contributed by atoms with Crippen LogP contribution in [-0.4, -0.2) is 36.0 Å². The Bertz CT molecular complexity index is 242. The van der Waals surface area contributed by atoms with Gasteiger partial charge in [0.1, 0.15) is 0 Å². The van der Waals surface area contributed by atoms with Crippen molar-refractivity contribution in [3.05, 3.63) is 0 Å². The van der Waals surface area contributed by atoms with E-state index in [4.69, 9.17) is 5.73 Å². The van der Waals surface area contributed by atoms with Crippen molar-refractivity contribution in [3.8, 4) is 0 Å². The lowest BCUT2D eigenvalue weighted by atomic mass is 9.96. The lowest BCUT2D eigenvalue weighted by Gasteiger charge is -2.35. The van der Waals surface area contributed by atoms with E-state index >= 15 is 0 Å². The lowest BCUT2D eigenvalue weighted by Crippen LogP contribution is -2.53. The molecule has 5 heteroatoms. The Hall–Kier alpha value is -1.26. The number of likely N-dealkylation sites (tertiary alicyclic amines) is 1. The molecule has 0 aliphatic carbocycles. The van der Waals surface area contributed by atoms with E-state index in [1.807, 2.05) is 6.92 Å². The summed E-state index contributed by atoms with van der Waals surface area (Å²) in [5, 5.41) is 2.81. The third-order valence-corrected chi connectivity index (χ3v) is 2.38. The molecule has 2 unspecified atom stereocenters. The van der Waals surface area contributed by atoms with Gasteiger partial charge in [0.15, 0.2) is 0 Å². The molecule has 5 nitrogen and oxygen atoms in total. The molecule has 0 bridgehead atoms. The second-order valence-electron chi connectivity index (χ2n) is 3.98. The number of piperidine rings is 1. The van der Waals surface area contributed by atoms with Crippen LogP contribution in [0.2, 0.25) is 0 Å². The van der Waals surface area contributed by atoms with E-state index < -0.39 is 6.03 Å². The van der Waals surface area contributed by atoms with Gasteiger partial charge in [-0.15, -0.1) is 0 Å². The molecule has 3 N–H and O–H groups in total. The number of carbonyl (C=O) groups excluding carboxylic acids is 2. The van der Waals surface area contributed by atoms with Crippen molar-refractivity contribution in [1.29, 1.82) is 0 Å². The fourth-order valence-corrected chi connectivity index (χ4v) is 1.92. The molecule has 2 atom stereocenters. The third kappa shape index (κ3) is 2.90. The first kappa shape index (κ1) is 10.8. The second kappa shape index (κ2) is 4.30. The predicted molar refractivity (Wildman–Crippen MR) is 52.5 cm³/mol. The number of urea groups is 1.